The Morgan fingerprint density at radius 3 is 0.850 bits per heavy atom. The molecule has 7 atom stereocenters. The molecule has 4 unspecified atom stereocenters. The Labute approximate surface area is 612 Å². The van der Waals surface area contributed by atoms with Gasteiger partial charge in [0.2, 0.25) is 0 Å². The van der Waals surface area contributed by atoms with Crippen molar-refractivity contribution in [3.05, 3.63) is 24.3 Å². The second kappa shape index (κ2) is 72.1. The van der Waals surface area contributed by atoms with Gasteiger partial charge < -0.3 is 33.8 Å². The highest BCUT2D eigenvalue weighted by Gasteiger charge is 2.30. The second-order valence-electron chi connectivity index (χ2n) is 29.0. The Morgan fingerprint density at radius 2 is 0.560 bits per heavy atom. The molecule has 0 bridgehead atoms. The monoisotopic (exact) mass is 1460 g/mol. The van der Waals surface area contributed by atoms with Crippen molar-refractivity contribution < 1.29 is 80.2 Å². The summed E-state index contributed by atoms with van der Waals surface area (Å²) in [4.78, 5) is 73.0. The number of allylic oxidation sites excluding steroid dienone is 4. The lowest BCUT2D eigenvalue weighted by Gasteiger charge is -2.21. The molecule has 0 aliphatic heterocycles. The van der Waals surface area contributed by atoms with E-state index in [1.54, 1.807) is 0 Å². The molecule has 0 rings (SSSR count). The number of rotatable bonds is 78. The van der Waals surface area contributed by atoms with Crippen LogP contribution in [0.15, 0.2) is 24.3 Å². The van der Waals surface area contributed by atoms with Gasteiger partial charge in [0.25, 0.3) is 0 Å². The highest BCUT2D eigenvalue weighted by Crippen LogP contribution is 2.45. The van der Waals surface area contributed by atoms with Gasteiger partial charge >= 0.3 is 39.5 Å². The lowest BCUT2D eigenvalue weighted by Crippen LogP contribution is -2.30. The summed E-state index contributed by atoms with van der Waals surface area (Å²) in [5.41, 5.74) is 0. The molecule has 0 saturated carbocycles. The van der Waals surface area contributed by atoms with Crippen molar-refractivity contribution in [1.29, 1.82) is 0 Å². The number of hydrogen-bond donors (Lipinski definition) is 3. The van der Waals surface area contributed by atoms with Crippen LogP contribution in [0.5, 0.6) is 0 Å². The van der Waals surface area contributed by atoms with E-state index in [1.807, 2.05) is 0 Å². The lowest BCUT2D eigenvalue weighted by atomic mass is 9.99. The number of aliphatic hydroxyl groups is 1. The van der Waals surface area contributed by atoms with Crippen molar-refractivity contribution in [3.63, 3.8) is 0 Å². The Morgan fingerprint density at radius 1 is 0.320 bits per heavy atom. The van der Waals surface area contributed by atoms with Crippen LogP contribution in [-0.4, -0.2) is 96.7 Å². The first-order valence-electron chi connectivity index (χ1n) is 41.4. The van der Waals surface area contributed by atoms with Crippen LogP contribution in [-0.2, 0) is 65.4 Å². The van der Waals surface area contributed by atoms with E-state index in [4.69, 9.17) is 37.0 Å². The predicted octanol–water partition coefficient (Wildman–Crippen LogP) is 23.8. The number of phosphoric ester groups is 2. The fourth-order valence-electron chi connectivity index (χ4n) is 11.9. The van der Waals surface area contributed by atoms with Gasteiger partial charge in [0.1, 0.15) is 19.3 Å². The van der Waals surface area contributed by atoms with Gasteiger partial charge in [0.15, 0.2) is 12.2 Å². The number of carbonyl (C=O) groups is 4. The Balaban J connectivity index is 5.30. The first-order chi connectivity index (χ1) is 48.4. The van der Waals surface area contributed by atoms with E-state index >= 15 is 0 Å². The molecule has 590 valence electrons. The number of unbranched alkanes of at least 4 members (excludes halogenated alkanes) is 43. The molecule has 0 aliphatic rings. The Kier molecular flexibility index (Phi) is 70.3. The number of carbonyl (C=O) groups excluding carboxylic acids is 4. The van der Waals surface area contributed by atoms with Crippen molar-refractivity contribution in [2.45, 2.75) is 419 Å². The third-order valence-electron chi connectivity index (χ3n) is 19.1. The summed E-state index contributed by atoms with van der Waals surface area (Å²) in [5.74, 6) is -0.562. The maximum absolute atomic E-state index is 13.1. The standard InChI is InChI=1S/C81H154O17P2/c1-7-11-13-15-17-19-21-23-25-26-27-28-30-32-34-39-47-53-59-65-80(85)97-76(69-91-78(83)63-57-51-45-38-33-31-29-24-22-20-18-16-14-12-8-2)71-95-99(87,88)93-67-75(82)68-94-100(89,90)96-72-77(70-92-79(84)64-58-52-46-42-41-44-50-56-62-74(6)10-4)98-81(86)66-60-54-48-40-36-35-37-43-49-55-61-73(5)9-3/h20,22,24,29,73-77,82H,7-19,21,23,25-28,30-72H2,1-6H3,(H,87,88)(H,89,90)/b22-20-,29-24-/t73?,74?,75-,76-,77-/m1/s1. The first-order valence-corrected chi connectivity index (χ1v) is 44.4. The molecule has 0 aromatic heterocycles. The Bertz CT molecular complexity index is 2020. The summed E-state index contributed by atoms with van der Waals surface area (Å²) in [6.45, 7) is 9.59. The van der Waals surface area contributed by atoms with E-state index in [-0.39, 0.29) is 25.7 Å². The summed E-state index contributed by atoms with van der Waals surface area (Å²) in [7, 11) is -9.93. The van der Waals surface area contributed by atoms with E-state index in [0.717, 1.165) is 121 Å². The summed E-state index contributed by atoms with van der Waals surface area (Å²) in [6.07, 6.45) is 64.5. The third kappa shape index (κ3) is 71.2. The minimum absolute atomic E-state index is 0.102. The quantitative estimate of drug-likeness (QED) is 0.0169. The van der Waals surface area contributed by atoms with E-state index in [2.05, 4.69) is 65.8 Å². The molecule has 0 aliphatic carbocycles. The van der Waals surface area contributed by atoms with Gasteiger partial charge in [-0.15, -0.1) is 0 Å². The van der Waals surface area contributed by atoms with Crippen molar-refractivity contribution in [3.8, 4) is 0 Å². The van der Waals surface area contributed by atoms with Crippen LogP contribution < -0.4 is 0 Å². The zero-order chi connectivity index (χ0) is 73.5. The summed E-state index contributed by atoms with van der Waals surface area (Å²) < 4.78 is 68.7. The smallest absolute Gasteiger partial charge is 0.462 e. The summed E-state index contributed by atoms with van der Waals surface area (Å²) >= 11 is 0. The van der Waals surface area contributed by atoms with Crippen molar-refractivity contribution in [2.75, 3.05) is 39.6 Å². The average Bonchev–Trinajstić information content (AvgIpc) is 1.20. The molecule has 0 aromatic rings. The molecule has 0 radical (unpaired) electrons. The van der Waals surface area contributed by atoms with Crippen LogP contribution in [0, 0.1) is 11.8 Å². The van der Waals surface area contributed by atoms with E-state index in [1.165, 1.54) is 199 Å². The molecule has 0 heterocycles. The van der Waals surface area contributed by atoms with Crippen molar-refractivity contribution >= 4 is 39.5 Å². The van der Waals surface area contributed by atoms with Crippen LogP contribution in [0.4, 0.5) is 0 Å². The number of hydrogen-bond acceptors (Lipinski definition) is 15. The van der Waals surface area contributed by atoms with E-state index < -0.39 is 97.5 Å². The van der Waals surface area contributed by atoms with Gasteiger partial charge in [-0.05, 0) is 63.2 Å². The van der Waals surface area contributed by atoms with Crippen LogP contribution in [0.2, 0.25) is 0 Å². The lowest BCUT2D eigenvalue weighted by molar-refractivity contribution is -0.161. The average molecular weight is 1460 g/mol. The van der Waals surface area contributed by atoms with Gasteiger partial charge in [-0.3, -0.25) is 37.3 Å². The number of aliphatic hydroxyl groups excluding tert-OH is 1. The SMILES string of the molecule is CCCCCC/C=C\C=C/CCCCCCCC(=O)OC[C@H](COP(=O)(O)OC[C@@H](O)COP(=O)(O)OC[C@@H](COC(=O)CCCCCCCCCCC(C)CC)OC(=O)CCCCCCCCCCCCC(C)CC)OC(=O)CCCCCCCCCCCCCCCCCCCCC. The molecular weight excluding hydrogens is 1310 g/mol. The molecule has 0 aromatic carbocycles. The molecule has 100 heavy (non-hydrogen) atoms. The first kappa shape index (κ1) is 97.5. The van der Waals surface area contributed by atoms with Crippen LogP contribution >= 0.6 is 15.6 Å². The zero-order valence-electron chi connectivity index (χ0n) is 65.0. The highest BCUT2D eigenvalue weighted by molar-refractivity contribution is 7.47. The third-order valence-corrected chi connectivity index (χ3v) is 21.0. The van der Waals surface area contributed by atoms with Crippen molar-refractivity contribution in [1.82, 2.24) is 0 Å². The number of esters is 4. The topological polar surface area (TPSA) is 237 Å². The van der Waals surface area contributed by atoms with E-state index in [0.29, 0.717) is 25.7 Å². The number of ether oxygens (including phenoxy) is 4. The van der Waals surface area contributed by atoms with Gasteiger partial charge in [-0.2, -0.15) is 0 Å². The molecular formula is C81H154O17P2. The fraction of sp³-hybridized carbons (Fsp3) is 0.901. The minimum atomic E-state index is -4.97. The minimum Gasteiger partial charge on any atom is -0.462 e. The van der Waals surface area contributed by atoms with Crippen LogP contribution in [0.3, 0.4) is 0 Å². The van der Waals surface area contributed by atoms with Crippen molar-refractivity contribution in [2.24, 2.45) is 11.8 Å². The molecule has 17 nitrogen and oxygen atoms in total. The predicted molar refractivity (Wildman–Crippen MR) is 409 cm³/mol. The Hall–Kier alpha value is -2.46. The van der Waals surface area contributed by atoms with Gasteiger partial charge in [-0.1, -0.05) is 348 Å². The maximum Gasteiger partial charge on any atom is 0.472 e. The number of phosphoric acid groups is 2. The van der Waals surface area contributed by atoms with Gasteiger partial charge in [0.05, 0.1) is 26.4 Å². The largest absolute Gasteiger partial charge is 0.472 e. The molecule has 0 spiro atoms. The zero-order valence-corrected chi connectivity index (χ0v) is 66.8. The van der Waals surface area contributed by atoms with Gasteiger partial charge in [0, 0.05) is 25.7 Å². The maximum atomic E-state index is 13.1. The second-order valence-corrected chi connectivity index (χ2v) is 31.9. The molecule has 19 heteroatoms. The van der Waals surface area contributed by atoms with Crippen LogP contribution in [0.25, 0.3) is 0 Å². The van der Waals surface area contributed by atoms with Gasteiger partial charge in [-0.25, -0.2) is 9.13 Å². The summed E-state index contributed by atoms with van der Waals surface area (Å²) in [6, 6.07) is 0. The summed E-state index contributed by atoms with van der Waals surface area (Å²) in [5, 5.41) is 10.6. The fourth-order valence-corrected chi connectivity index (χ4v) is 13.5. The molecule has 0 fully saturated rings. The highest BCUT2D eigenvalue weighted by atomic mass is 31.2. The van der Waals surface area contributed by atoms with E-state index in [9.17, 15) is 43.2 Å². The molecule has 3 N–H and O–H groups in total. The molecule has 0 saturated heterocycles. The molecule has 0 amide bonds. The van der Waals surface area contributed by atoms with Crippen LogP contribution in [0.1, 0.15) is 401 Å². The normalized spacial score (nSPS) is 14.6.